The van der Waals surface area contributed by atoms with Gasteiger partial charge in [-0.1, -0.05) is 10.8 Å². The van der Waals surface area contributed by atoms with Crippen LogP contribution in [0.25, 0.3) is 5.52 Å². The number of hydrogen-bond acceptors (Lipinski definition) is 3. The summed E-state index contributed by atoms with van der Waals surface area (Å²) in [6.45, 7) is 0. The molecule has 56 valence electrons. The SMILES string of the molecule is SSc1cccn2cncc12. The molecule has 0 aliphatic heterocycles. The summed E-state index contributed by atoms with van der Waals surface area (Å²) in [7, 11) is 1.44. The van der Waals surface area contributed by atoms with Crippen molar-refractivity contribution in [2.24, 2.45) is 0 Å². The Morgan fingerprint density at radius 2 is 2.45 bits per heavy atom. The van der Waals surface area contributed by atoms with E-state index in [2.05, 4.69) is 16.6 Å². The molecule has 2 nitrogen and oxygen atoms in total. The van der Waals surface area contributed by atoms with Crippen LogP contribution in [0.4, 0.5) is 0 Å². The van der Waals surface area contributed by atoms with Crippen molar-refractivity contribution < 1.29 is 0 Å². The van der Waals surface area contributed by atoms with Crippen molar-refractivity contribution in [1.82, 2.24) is 9.38 Å². The summed E-state index contributed by atoms with van der Waals surface area (Å²) < 4.78 is 1.97. The first-order chi connectivity index (χ1) is 5.42. The van der Waals surface area contributed by atoms with Crippen molar-refractivity contribution >= 4 is 28.0 Å². The maximum absolute atomic E-state index is 4.14. The predicted molar refractivity (Wildman–Crippen MR) is 50.0 cm³/mol. The van der Waals surface area contributed by atoms with Crippen LogP contribution in [-0.2, 0) is 0 Å². The van der Waals surface area contributed by atoms with E-state index in [9.17, 15) is 0 Å². The molecule has 2 aromatic heterocycles. The van der Waals surface area contributed by atoms with Crippen molar-refractivity contribution in [3.05, 3.63) is 30.9 Å². The zero-order valence-electron chi connectivity index (χ0n) is 5.64. The van der Waals surface area contributed by atoms with E-state index in [1.54, 1.807) is 6.33 Å². The van der Waals surface area contributed by atoms with Crippen molar-refractivity contribution in [3.8, 4) is 0 Å². The Bertz CT molecular complexity index is 369. The van der Waals surface area contributed by atoms with E-state index in [1.807, 2.05) is 28.9 Å². The molecule has 0 spiro atoms. The average Bonchev–Trinajstić information content (AvgIpc) is 2.50. The second kappa shape index (κ2) is 2.79. The van der Waals surface area contributed by atoms with Crippen LogP contribution in [0.5, 0.6) is 0 Å². The summed E-state index contributed by atoms with van der Waals surface area (Å²) in [6.07, 6.45) is 5.58. The highest BCUT2D eigenvalue weighted by Crippen LogP contribution is 2.25. The third-order valence-corrected chi connectivity index (χ3v) is 2.64. The predicted octanol–water partition coefficient (Wildman–Crippen LogP) is 2.27. The Morgan fingerprint density at radius 3 is 3.27 bits per heavy atom. The number of aromatic nitrogens is 2. The molecule has 2 rings (SSSR count). The maximum atomic E-state index is 4.14. The molecule has 0 aromatic carbocycles. The minimum atomic E-state index is 1.10. The number of thiol groups is 1. The Labute approximate surface area is 73.4 Å². The monoisotopic (exact) mass is 182 g/mol. The number of fused-ring (bicyclic) bond motifs is 1. The van der Waals surface area contributed by atoms with Gasteiger partial charge in [0, 0.05) is 11.1 Å². The Balaban J connectivity index is 2.79. The van der Waals surface area contributed by atoms with Crippen LogP contribution >= 0.6 is 22.5 Å². The summed E-state index contributed by atoms with van der Waals surface area (Å²) in [6, 6.07) is 4.00. The van der Waals surface area contributed by atoms with Gasteiger partial charge in [0.15, 0.2) is 0 Å². The molecule has 0 N–H and O–H groups in total. The van der Waals surface area contributed by atoms with Gasteiger partial charge in [0.1, 0.15) is 0 Å². The highest BCUT2D eigenvalue weighted by molar-refractivity contribution is 8.68. The van der Waals surface area contributed by atoms with Crippen LogP contribution in [0.1, 0.15) is 0 Å². The van der Waals surface area contributed by atoms with Gasteiger partial charge in [0.2, 0.25) is 0 Å². The van der Waals surface area contributed by atoms with E-state index in [-0.39, 0.29) is 0 Å². The lowest BCUT2D eigenvalue weighted by atomic mass is 10.4. The van der Waals surface area contributed by atoms with Crippen molar-refractivity contribution in [2.75, 3.05) is 0 Å². The number of rotatable bonds is 1. The van der Waals surface area contributed by atoms with Gasteiger partial charge < -0.3 is 4.40 Å². The minimum absolute atomic E-state index is 1.10. The first-order valence-electron chi connectivity index (χ1n) is 3.14. The molecule has 0 saturated heterocycles. The summed E-state index contributed by atoms with van der Waals surface area (Å²) in [5.41, 5.74) is 1.10. The Hall–Kier alpha value is -0.610. The maximum Gasteiger partial charge on any atom is 0.0992 e. The van der Waals surface area contributed by atoms with Gasteiger partial charge >= 0.3 is 0 Å². The zero-order valence-corrected chi connectivity index (χ0v) is 7.35. The van der Waals surface area contributed by atoms with Crippen molar-refractivity contribution in [3.63, 3.8) is 0 Å². The quantitative estimate of drug-likeness (QED) is 0.538. The molecular formula is C7H6N2S2. The van der Waals surface area contributed by atoms with Crippen LogP contribution < -0.4 is 0 Å². The van der Waals surface area contributed by atoms with Gasteiger partial charge in [-0.05, 0) is 12.1 Å². The highest BCUT2D eigenvalue weighted by atomic mass is 33.1. The normalized spacial score (nSPS) is 10.6. The molecule has 0 atom stereocenters. The standard InChI is InChI=1S/C7H6N2S2/c10-11-7-2-1-3-9-5-8-4-6(7)9/h1-5,10H. The molecular weight excluding hydrogens is 176 g/mol. The van der Waals surface area contributed by atoms with Crippen LogP contribution in [-0.4, -0.2) is 9.38 Å². The Morgan fingerprint density at radius 1 is 1.55 bits per heavy atom. The number of pyridine rings is 1. The van der Waals surface area contributed by atoms with Crippen LogP contribution in [0.2, 0.25) is 0 Å². The molecule has 0 aliphatic carbocycles. The van der Waals surface area contributed by atoms with Gasteiger partial charge in [0.25, 0.3) is 0 Å². The fourth-order valence-corrected chi connectivity index (χ4v) is 1.85. The first-order valence-corrected chi connectivity index (χ1v) is 5.01. The first kappa shape index (κ1) is 7.06. The average molecular weight is 182 g/mol. The molecule has 0 saturated carbocycles. The molecule has 0 unspecified atom stereocenters. The van der Waals surface area contributed by atoms with Crippen LogP contribution in [0, 0.1) is 0 Å². The summed E-state index contributed by atoms with van der Waals surface area (Å²) in [5, 5.41) is 0. The fourth-order valence-electron chi connectivity index (χ4n) is 1.00. The van der Waals surface area contributed by atoms with Crippen LogP contribution in [0.3, 0.4) is 0 Å². The second-order valence-corrected chi connectivity index (χ2v) is 3.32. The molecule has 11 heavy (non-hydrogen) atoms. The Kier molecular flexibility index (Phi) is 1.79. The second-order valence-electron chi connectivity index (χ2n) is 2.15. The van der Waals surface area contributed by atoms with E-state index in [1.165, 1.54) is 10.8 Å². The lowest BCUT2D eigenvalue weighted by Crippen LogP contribution is -1.80. The number of imidazole rings is 1. The van der Waals surface area contributed by atoms with Gasteiger partial charge in [-0.2, -0.15) is 0 Å². The molecule has 0 radical (unpaired) electrons. The number of nitrogens with zero attached hydrogens (tertiary/aromatic N) is 2. The lowest BCUT2D eigenvalue weighted by molar-refractivity contribution is 1.13. The molecule has 0 bridgehead atoms. The molecule has 2 heterocycles. The number of hydrogen-bond donors (Lipinski definition) is 1. The fraction of sp³-hybridized carbons (Fsp3) is 0. The van der Waals surface area contributed by atoms with Crippen molar-refractivity contribution in [1.29, 1.82) is 0 Å². The van der Waals surface area contributed by atoms with Crippen LogP contribution in [0.15, 0.2) is 35.7 Å². The van der Waals surface area contributed by atoms with Gasteiger partial charge in [-0.3, -0.25) is 0 Å². The van der Waals surface area contributed by atoms with Crippen molar-refractivity contribution in [2.45, 2.75) is 4.90 Å². The third kappa shape index (κ3) is 1.12. The zero-order chi connectivity index (χ0) is 7.68. The van der Waals surface area contributed by atoms with Gasteiger partial charge in [-0.25, -0.2) is 4.98 Å². The highest BCUT2D eigenvalue weighted by Gasteiger charge is 1.97. The summed E-state index contributed by atoms with van der Waals surface area (Å²) >= 11 is 4.14. The van der Waals surface area contributed by atoms with E-state index in [0.29, 0.717) is 0 Å². The van der Waals surface area contributed by atoms with Gasteiger partial charge in [0.05, 0.1) is 18.0 Å². The molecule has 0 fully saturated rings. The molecule has 2 aromatic rings. The minimum Gasteiger partial charge on any atom is -0.305 e. The topological polar surface area (TPSA) is 17.3 Å². The summed E-state index contributed by atoms with van der Waals surface area (Å²) in [5.74, 6) is 0. The molecule has 0 aliphatic rings. The molecule has 0 amide bonds. The third-order valence-electron chi connectivity index (χ3n) is 1.51. The van der Waals surface area contributed by atoms with E-state index in [4.69, 9.17) is 0 Å². The van der Waals surface area contributed by atoms with Gasteiger partial charge in [-0.15, -0.1) is 11.7 Å². The van der Waals surface area contributed by atoms with E-state index < -0.39 is 0 Å². The van der Waals surface area contributed by atoms with E-state index >= 15 is 0 Å². The largest absolute Gasteiger partial charge is 0.305 e. The smallest absolute Gasteiger partial charge is 0.0992 e. The lowest BCUT2D eigenvalue weighted by Gasteiger charge is -1.97. The molecule has 4 heteroatoms. The van der Waals surface area contributed by atoms with E-state index in [0.717, 1.165) is 10.4 Å². The summed E-state index contributed by atoms with van der Waals surface area (Å²) in [4.78, 5) is 5.16.